The number of nitrogens with one attached hydrogen (secondary N) is 1. The van der Waals surface area contributed by atoms with Crippen LogP contribution in [-0.4, -0.2) is 35.4 Å². The van der Waals surface area contributed by atoms with Crippen LogP contribution in [0.3, 0.4) is 0 Å². The molecule has 0 saturated carbocycles. The van der Waals surface area contributed by atoms with Crippen LogP contribution in [0.1, 0.15) is 18.7 Å². The molecule has 1 aliphatic rings. The SMILES string of the molecule is Cc1nc2cc(NC(=O)CC3CCS(=O)(=O)C3)ccc2n1-c1ccccc1. The Balaban J connectivity index is 1.53. The van der Waals surface area contributed by atoms with Gasteiger partial charge in [-0.05, 0) is 49.6 Å². The first-order chi connectivity index (χ1) is 12.9. The number of aryl methyl sites for hydroxylation is 1. The summed E-state index contributed by atoms with van der Waals surface area (Å²) in [6.07, 6.45) is 0.796. The normalized spacial score (nSPS) is 18.6. The standard InChI is InChI=1S/C20H21N3O3S/c1-14-21-18-12-16(22-20(24)11-15-9-10-27(25,26)13-15)7-8-19(18)23(14)17-5-3-2-4-6-17/h2-8,12,15H,9-11,13H2,1H3,(H,22,24). The molecule has 140 valence electrons. The summed E-state index contributed by atoms with van der Waals surface area (Å²) in [5.41, 5.74) is 3.49. The second kappa shape index (κ2) is 6.81. The fourth-order valence-corrected chi connectivity index (χ4v) is 5.55. The van der Waals surface area contributed by atoms with Gasteiger partial charge >= 0.3 is 0 Å². The van der Waals surface area contributed by atoms with Crippen molar-refractivity contribution in [2.24, 2.45) is 5.92 Å². The van der Waals surface area contributed by atoms with E-state index in [1.54, 1.807) is 0 Å². The van der Waals surface area contributed by atoms with Gasteiger partial charge in [-0.15, -0.1) is 0 Å². The van der Waals surface area contributed by atoms with Crippen molar-refractivity contribution in [1.82, 2.24) is 9.55 Å². The number of benzene rings is 2. The minimum Gasteiger partial charge on any atom is -0.326 e. The fourth-order valence-electron chi connectivity index (χ4n) is 3.69. The van der Waals surface area contributed by atoms with Crippen LogP contribution in [0.15, 0.2) is 48.5 Å². The van der Waals surface area contributed by atoms with E-state index in [0.29, 0.717) is 12.1 Å². The molecule has 7 heteroatoms. The molecule has 1 fully saturated rings. The van der Waals surface area contributed by atoms with E-state index in [1.807, 2.05) is 55.5 Å². The summed E-state index contributed by atoms with van der Waals surface area (Å²) in [6, 6.07) is 15.6. The molecule has 1 aromatic heterocycles. The monoisotopic (exact) mass is 383 g/mol. The van der Waals surface area contributed by atoms with E-state index in [0.717, 1.165) is 22.5 Å². The number of carbonyl (C=O) groups is 1. The second-order valence-electron chi connectivity index (χ2n) is 7.05. The topological polar surface area (TPSA) is 81.1 Å². The summed E-state index contributed by atoms with van der Waals surface area (Å²) in [7, 11) is -2.96. The van der Waals surface area contributed by atoms with Gasteiger partial charge in [-0.25, -0.2) is 13.4 Å². The van der Waals surface area contributed by atoms with E-state index >= 15 is 0 Å². The highest BCUT2D eigenvalue weighted by Gasteiger charge is 2.29. The van der Waals surface area contributed by atoms with E-state index < -0.39 is 9.84 Å². The van der Waals surface area contributed by atoms with E-state index in [1.165, 1.54) is 0 Å². The number of carbonyl (C=O) groups excluding carboxylic acids is 1. The van der Waals surface area contributed by atoms with Gasteiger partial charge in [-0.1, -0.05) is 18.2 Å². The number of para-hydroxylation sites is 1. The first-order valence-electron chi connectivity index (χ1n) is 8.96. The van der Waals surface area contributed by atoms with Crippen molar-refractivity contribution in [3.8, 4) is 5.69 Å². The highest BCUT2D eigenvalue weighted by Crippen LogP contribution is 2.25. The molecular weight excluding hydrogens is 362 g/mol. The average molecular weight is 383 g/mol. The van der Waals surface area contributed by atoms with Crippen LogP contribution in [0, 0.1) is 12.8 Å². The number of hydrogen-bond acceptors (Lipinski definition) is 4. The molecule has 0 radical (unpaired) electrons. The number of hydrogen-bond donors (Lipinski definition) is 1. The molecule has 0 bridgehead atoms. The Morgan fingerprint density at radius 2 is 2.00 bits per heavy atom. The molecule has 1 saturated heterocycles. The number of amides is 1. The summed E-state index contributed by atoms with van der Waals surface area (Å²) >= 11 is 0. The molecule has 1 atom stereocenters. The van der Waals surface area contributed by atoms with Crippen molar-refractivity contribution in [3.05, 3.63) is 54.4 Å². The number of sulfone groups is 1. The number of aromatic nitrogens is 2. The maximum atomic E-state index is 12.3. The summed E-state index contributed by atoms with van der Waals surface area (Å²) in [5, 5.41) is 2.87. The first kappa shape index (κ1) is 17.7. The van der Waals surface area contributed by atoms with Gasteiger partial charge in [0.2, 0.25) is 5.91 Å². The quantitative estimate of drug-likeness (QED) is 0.751. The summed E-state index contributed by atoms with van der Waals surface area (Å²) in [4.78, 5) is 16.9. The molecule has 1 aliphatic heterocycles. The van der Waals surface area contributed by atoms with E-state index in [2.05, 4.69) is 14.9 Å². The summed E-state index contributed by atoms with van der Waals surface area (Å²) < 4.78 is 25.1. The van der Waals surface area contributed by atoms with Crippen LogP contribution >= 0.6 is 0 Å². The lowest BCUT2D eigenvalue weighted by molar-refractivity contribution is -0.116. The van der Waals surface area contributed by atoms with Crippen molar-refractivity contribution in [3.63, 3.8) is 0 Å². The van der Waals surface area contributed by atoms with Crippen molar-refractivity contribution in [1.29, 1.82) is 0 Å². The maximum Gasteiger partial charge on any atom is 0.224 e. The maximum absolute atomic E-state index is 12.3. The van der Waals surface area contributed by atoms with Crippen molar-refractivity contribution < 1.29 is 13.2 Å². The zero-order valence-corrected chi connectivity index (χ0v) is 15.9. The third kappa shape index (κ3) is 3.73. The minimum absolute atomic E-state index is 0.0849. The summed E-state index contributed by atoms with van der Waals surface area (Å²) in [6.45, 7) is 1.95. The molecule has 2 aromatic carbocycles. The lowest BCUT2D eigenvalue weighted by Crippen LogP contribution is -2.17. The molecule has 0 aliphatic carbocycles. The predicted octanol–water partition coefficient (Wildman–Crippen LogP) is 3.10. The van der Waals surface area contributed by atoms with Crippen LogP contribution in [-0.2, 0) is 14.6 Å². The average Bonchev–Trinajstić information content (AvgIpc) is 3.13. The number of anilines is 1. The van der Waals surface area contributed by atoms with Crippen LogP contribution < -0.4 is 5.32 Å². The van der Waals surface area contributed by atoms with E-state index in [9.17, 15) is 13.2 Å². The highest BCUT2D eigenvalue weighted by atomic mass is 32.2. The van der Waals surface area contributed by atoms with Gasteiger partial charge < -0.3 is 5.32 Å². The van der Waals surface area contributed by atoms with Crippen molar-refractivity contribution >= 4 is 32.5 Å². The second-order valence-corrected chi connectivity index (χ2v) is 9.28. The number of imidazole rings is 1. The van der Waals surface area contributed by atoms with E-state index in [4.69, 9.17) is 0 Å². The van der Waals surface area contributed by atoms with Gasteiger partial charge in [0.05, 0.1) is 22.5 Å². The van der Waals surface area contributed by atoms with Gasteiger partial charge in [-0.2, -0.15) is 0 Å². The number of fused-ring (bicyclic) bond motifs is 1. The van der Waals surface area contributed by atoms with Gasteiger partial charge in [0, 0.05) is 17.8 Å². The Kier molecular flexibility index (Phi) is 4.47. The van der Waals surface area contributed by atoms with Crippen molar-refractivity contribution in [2.75, 3.05) is 16.8 Å². The van der Waals surface area contributed by atoms with Crippen LogP contribution in [0.2, 0.25) is 0 Å². The third-order valence-electron chi connectivity index (χ3n) is 4.92. The molecule has 0 spiro atoms. The first-order valence-corrected chi connectivity index (χ1v) is 10.8. The molecule has 3 aromatic rings. The highest BCUT2D eigenvalue weighted by molar-refractivity contribution is 7.91. The molecule has 4 rings (SSSR count). The van der Waals surface area contributed by atoms with Crippen LogP contribution in [0.25, 0.3) is 16.7 Å². The molecule has 1 unspecified atom stereocenters. The Labute approximate surface area is 158 Å². The van der Waals surface area contributed by atoms with Gasteiger partial charge in [-0.3, -0.25) is 9.36 Å². The zero-order chi connectivity index (χ0) is 19.0. The van der Waals surface area contributed by atoms with E-state index in [-0.39, 0.29) is 29.8 Å². The minimum atomic E-state index is -2.96. The fraction of sp³-hybridized carbons (Fsp3) is 0.300. The molecule has 1 amide bonds. The summed E-state index contributed by atoms with van der Waals surface area (Å²) in [5.74, 6) is 0.928. The van der Waals surface area contributed by atoms with Gasteiger partial charge in [0.25, 0.3) is 0 Å². The van der Waals surface area contributed by atoms with Crippen LogP contribution in [0.4, 0.5) is 5.69 Å². The molecule has 6 nitrogen and oxygen atoms in total. The predicted molar refractivity (Wildman–Crippen MR) is 106 cm³/mol. The number of nitrogens with zero attached hydrogens (tertiary/aromatic N) is 2. The lowest BCUT2D eigenvalue weighted by Gasteiger charge is -2.09. The van der Waals surface area contributed by atoms with Crippen molar-refractivity contribution in [2.45, 2.75) is 19.8 Å². The number of rotatable bonds is 4. The molecule has 2 heterocycles. The Bertz CT molecular complexity index is 1100. The van der Waals surface area contributed by atoms with Gasteiger partial charge in [0.15, 0.2) is 9.84 Å². The third-order valence-corrected chi connectivity index (χ3v) is 6.76. The smallest absolute Gasteiger partial charge is 0.224 e. The lowest BCUT2D eigenvalue weighted by atomic mass is 10.1. The molecular formula is C20H21N3O3S. The zero-order valence-electron chi connectivity index (χ0n) is 15.1. The Morgan fingerprint density at radius 3 is 2.70 bits per heavy atom. The van der Waals surface area contributed by atoms with Crippen LogP contribution in [0.5, 0.6) is 0 Å². The molecule has 1 N–H and O–H groups in total. The Hall–Kier alpha value is -2.67. The largest absolute Gasteiger partial charge is 0.326 e. The van der Waals surface area contributed by atoms with Gasteiger partial charge in [0.1, 0.15) is 5.82 Å². The molecule has 27 heavy (non-hydrogen) atoms. The Morgan fingerprint density at radius 1 is 1.22 bits per heavy atom.